The average molecular weight is 261 g/mol. The number of halogens is 2. The maximum Gasteiger partial charge on any atom is 0.227 e. The molecule has 0 aliphatic carbocycles. The molecule has 0 saturated carbocycles. The second-order valence-corrected chi connectivity index (χ2v) is 3.85. The molecule has 0 aromatic heterocycles. The van der Waals surface area contributed by atoms with E-state index in [1.165, 1.54) is 19.2 Å². The van der Waals surface area contributed by atoms with E-state index in [0.29, 0.717) is 0 Å². The summed E-state index contributed by atoms with van der Waals surface area (Å²) in [5.74, 6) is -1.02. The summed E-state index contributed by atoms with van der Waals surface area (Å²) in [7, 11) is 1.46. The third-order valence-electron chi connectivity index (χ3n) is 2.23. The third-order valence-corrected chi connectivity index (χ3v) is 2.53. The van der Waals surface area contributed by atoms with Gasteiger partial charge in [0.15, 0.2) is 5.82 Å². The topological polar surface area (TPSA) is 64.3 Å². The van der Waals surface area contributed by atoms with E-state index in [9.17, 15) is 9.18 Å². The molecule has 1 rings (SSSR count). The molecule has 0 spiro atoms. The van der Waals surface area contributed by atoms with Crippen LogP contribution in [0.15, 0.2) is 18.2 Å². The summed E-state index contributed by atoms with van der Waals surface area (Å²) in [5, 5.41) is 2.38. The normalized spacial score (nSPS) is 12.2. The van der Waals surface area contributed by atoms with Crippen LogP contribution >= 0.6 is 11.6 Å². The number of nitrogens with two attached hydrogens (primary N) is 1. The van der Waals surface area contributed by atoms with E-state index in [-0.39, 0.29) is 35.7 Å². The molecule has 1 unspecified atom stereocenters. The molecule has 0 heterocycles. The van der Waals surface area contributed by atoms with Gasteiger partial charge in [-0.05, 0) is 12.1 Å². The molecule has 1 amide bonds. The standard InChI is InChI=1S/C11H14ClFN2O2/c1-17-7(6-14)5-10(16)15-9-4-2-3-8(12)11(9)13/h2-4,7H,5-6,14H2,1H3,(H,15,16). The average Bonchev–Trinajstić information content (AvgIpc) is 2.32. The van der Waals surface area contributed by atoms with Crippen LogP contribution in [0.5, 0.6) is 0 Å². The van der Waals surface area contributed by atoms with Crippen LogP contribution in [-0.4, -0.2) is 25.7 Å². The number of hydrogen-bond donors (Lipinski definition) is 2. The predicted octanol–water partition coefficient (Wildman–Crippen LogP) is 1.78. The van der Waals surface area contributed by atoms with Crippen molar-refractivity contribution in [2.45, 2.75) is 12.5 Å². The number of amides is 1. The summed E-state index contributed by atoms with van der Waals surface area (Å²) in [6, 6.07) is 4.39. The SMILES string of the molecule is COC(CN)CC(=O)Nc1cccc(Cl)c1F. The van der Waals surface area contributed by atoms with Crippen LogP contribution in [0.3, 0.4) is 0 Å². The van der Waals surface area contributed by atoms with Crippen LogP contribution in [0.4, 0.5) is 10.1 Å². The Morgan fingerprint density at radius 2 is 2.35 bits per heavy atom. The number of hydrogen-bond acceptors (Lipinski definition) is 3. The first-order valence-corrected chi connectivity index (χ1v) is 5.43. The third kappa shape index (κ3) is 3.96. The number of methoxy groups -OCH3 is 1. The molecule has 4 nitrogen and oxygen atoms in total. The van der Waals surface area contributed by atoms with Gasteiger partial charge >= 0.3 is 0 Å². The minimum atomic E-state index is -0.649. The van der Waals surface area contributed by atoms with Gasteiger partial charge in [-0.2, -0.15) is 0 Å². The van der Waals surface area contributed by atoms with Gasteiger partial charge in [-0.25, -0.2) is 4.39 Å². The van der Waals surface area contributed by atoms with Gasteiger partial charge in [0.25, 0.3) is 0 Å². The molecule has 0 radical (unpaired) electrons. The fourth-order valence-corrected chi connectivity index (χ4v) is 1.45. The Morgan fingerprint density at radius 1 is 1.65 bits per heavy atom. The highest BCUT2D eigenvalue weighted by molar-refractivity contribution is 6.31. The Morgan fingerprint density at radius 3 is 2.94 bits per heavy atom. The molecule has 0 aliphatic rings. The molecule has 1 aromatic carbocycles. The number of rotatable bonds is 5. The first kappa shape index (κ1) is 13.9. The number of nitrogens with one attached hydrogen (secondary N) is 1. The van der Waals surface area contributed by atoms with Crippen LogP contribution in [0.25, 0.3) is 0 Å². The van der Waals surface area contributed by atoms with Crippen LogP contribution < -0.4 is 11.1 Å². The monoisotopic (exact) mass is 260 g/mol. The van der Waals surface area contributed by atoms with Crippen molar-refractivity contribution in [1.82, 2.24) is 0 Å². The Kier molecular flexibility index (Phi) is 5.34. The Balaban J connectivity index is 2.65. The van der Waals surface area contributed by atoms with Crippen molar-refractivity contribution in [1.29, 1.82) is 0 Å². The predicted molar refractivity (Wildman–Crippen MR) is 64.5 cm³/mol. The number of carbonyl (C=O) groups excluding carboxylic acids is 1. The van der Waals surface area contributed by atoms with Crippen LogP contribution in [-0.2, 0) is 9.53 Å². The molecular formula is C11H14ClFN2O2. The minimum Gasteiger partial charge on any atom is -0.380 e. The van der Waals surface area contributed by atoms with Gasteiger partial charge < -0.3 is 15.8 Å². The van der Waals surface area contributed by atoms with Crippen molar-refractivity contribution in [3.05, 3.63) is 29.0 Å². The minimum absolute atomic E-state index is 0.0371. The fraction of sp³-hybridized carbons (Fsp3) is 0.364. The second kappa shape index (κ2) is 6.54. The van der Waals surface area contributed by atoms with Crippen molar-refractivity contribution < 1.29 is 13.9 Å². The van der Waals surface area contributed by atoms with Gasteiger partial charge in [0.05, 0.1) is 23.2 Å². The highest BCUT2D eigenvalue weighted by atomic mass is 35.5. The highest BCUT2D eigenvalue weighted by Crippen LogP contribution is 2.22. The van der Waals surface area contributed by atoms with Gasteiger partial charge in [0.1, 0.15) is 0 Å². The fourth-order valence-electron chi connectivity index (χ4n) is 1.27. The molecule has 94 valence electrons. The van der Waals surface area contributed by atoms with Gasteiger partial charge in [-0.15, -0.1) is 0 Å². The Hall–Kier alpha value is -1.17. The van der Waals surface area contributed by atoms with Crippen molar-refractivity contribution in [2.24, 2.45) is 5.73 Å². The molecule has 17 heavy (non-hydrogen) atoms. The van der Waals surface area contributed by atoms with Crippen molar-refractivity contribution in [3.63, 3.8) is 0 Å². The lowest BCUT2D eigenvalue weighted by Crippen LogP contribution is -2.28. The van der Waals surface area contributed by atoms with Gasteiger partial charge in [0, 0.05) is 13.7 Å². The molecule has 0 saturated heterocycles. The molecular weight excluding hydrogens is 247 g/mol. The van der Waals surface area contributed by atoms with Crippen LogP contribution in [0.2, 0.25) is 5.02 Å². The van der Waals surface area contributed by atoms with Crippen molar-refractivity contribution in [2.75, 3.05) is 19.0 Å². The number of carbonyl (C=O) groups is 1. The van der Waals surface area contributed by atoms with E-state index >= 15 is 0 Å². The summed E-state index contributed by atoms with van der Waals surface area (Å²) >= 11 is 5.59. The first-order chi connectivity index (χ1) is 8.08. The zero-order valence-electron chi connectivity index (χ0n) is 9.37. The molecule has 0 aliphatic heterocycles. The van der Waals surface area contributed by atoms with Gasteiger partial charge in [-0.3, -0.25) is 4.79 Å². The van der Waals surface area contributed by atoms with Crippen molar-refractivity contribution >= 4 is 23.2 Å². The largest absolute Gasteiger partial charge is 0.380 e. The number of ether oxygens (including phenoxy) is 1. The zero-order chi connectivity index (χ0) is 12.8. The summed E-state index contributed by atoms with van der Waals surface area (Å²) in [5.41, 5.74) is 5.43. The van der Waals surface area contributed by atoms with Crippen molar-refractivity contribution in [3.8, 4) is 0 Å². The first-order valence-electron chi connectivity index (χ1n) is 5.05. The molecule has 1 atom stereocenters. The maximum atomic E-state index is 13.5. The van der Waals surface area contributed by atoms with E-state index in [0.717, 1.165) is 0 Å². The second-order valence-electron chi connectivity index (χ2n) is 3.45. The number of benzene rings is 1. The summed E-state index contributed by atoms with van der Waals surface area (Å²) in [6.45, 7) is 0.224. The van der Waals surface area contributed by atoms with E-state index in [1.54, 1.807) is 6.07 Å². The van der Waals surface area contributed by atoms with Gasteiger partial charge in [-0.1, -0.05) is 17.7 Å². The van der Waals surface area contributed by atoms with Gasteiger partial charge in [0.2, 0.25) is 5.91 Å². The lowest BCUT2D eigenvalue weighted by atomic mass is 10.2. The quantitative estimate of drug-likeness (QED) is 0.848. The van der Waals surface area contributed by atoms with Crippen LogP contribution in [0, 0.1) is 5.82 Å². The lowest BCUT2D eigenvalue weighted by Gasteiger charge is -2.13. The van der Waals surface area contributed by atoms with Crippen LogP contribution in [0.1, 0.15) is 6.42 Å². The summed E-state index contributed by atoms with van der Waals surface area (Å²) in [4.78, 5) is 11.5. The zero-order valence-corrected chi connectivity index (χ0v) is 10.1. The molecule has 6 heteroatoms. The molecule has 0 fully saturated rings. The molecule has 1 aromatic rings. The molecule has 3 N–H and O–H groups in total. The summed E-state index contributed by atoms with van der Waals surface area (Å²) in [6.07, 6.45) is -0.309. The smallest absolute Gasteiger partial charge is 0.227 e. The Bertz CT molecular complexity index is 397. The molecule has 0 bridgehead atoms. The van der Waals surface area contributed by atoms with E-state index in [1.807, 2.05) is 0 Å². The Labute approximate surface area is 104 Å². The lowest BCUT2D eigenvalue weighted by molar-refractivity contribution is -0.118. The van der Waals surface area contributed by atoms with E-state index < -0.39 is 5.82 Å². The maximum absolute atomic E-state index is 13.5. The number of anilines is 1. The highest BCUT2D eigenvalue weighted by Gasteiger charge is 2.14. The van der Waals surface area contributed by atoms with E-state index in [2.05, 4.69) is 5.32 Å². The van der Waals surface area contributed by atoms with E-state index in [4.69, 9.17) is 22.1 Å². The summed E-state index contributed by atoms with van der Waals surface area (Å²) < 4.78 is 18.4.